The fourth-order valence-electron chi connectivity index (χ4n) is 1.99. The molecule has 0 aliphatic carbocycles. The Labute approximate surface area is 113 Å². The van der Waals surface area contributed by atoms with Crippen molar-refractivity contribution in [2.75, 3.05) is 13.1 Å². The zero-order chi connectivity index (χ0) is 13.2. The van der Waals surface area contributed by atoms with Gasteiger partial charge in [-0.25, -0.2) is 4.39 Å². The minimum Gasteiger partial charge on any atom is -0.481 e. The largest absolute Gasteiger partial charge is 0.481 e. The standard InChI is InChI=1S/C12H14BrFN2O2/c13-10-2-1-9(14)3-8(10)5-16-12(4-11(17)18)6-15-7-12/h1-3,15-16H,4-7H2,(H,17,18). The van der Waals surface area contributed by atoms with Crippen molar-refractivity contribution in [2.24, 2.45) is 0 Å². The second-order valence-electron chi connectivity index (χ2n) is 4.54. The van der Waals surface area contributed by atoms with E-state index in [0.29, 0.717) is 19.6 Å². The number of halogens is 2. The lowest BCUT2D eigenvalue weighted by Crippen LogP contribution is -2.68. The molecule has 1 fully saturated rings. The van der Waals surface area contributed by atoms with E-state index in [0.717, 1.165) is 10.0 Å². The van der Waals surface area contributed by atoms with E-state index < -0.39 is 11.5 Å². The van der Waals surface area contributed by atoms with E-state index in [9.17, 15) is 9.18 Å². The zero-order valence-electron chi connectivity index (χ0n) is 9.67. The van der Waals surface area contributed by atoms with Gasteiger partial charge in [0.1, 0.15) is 5.82 Å². The molecule has 3 N–H and O–H groups in total. The molecule has 0 bridgehead atoms. The van der Waals surface area contributed by atoms with Gasteiger partial charge in [0.25, 0.3) is 0 Å². The van der Waals surface area contributed by atoms with Gasteiger partial charge in [-0.2, -0.15) is 0 Å². The summed E-state index contributed by atoms with van der Waals surface area (Å²) >= 11 is 3.35. The fraction of sp³-hybridized carbons (Fsp3) is 0.417. The molecule has 0 amide bonds. The summed E-state index contributed by atoms with van der Waals surface area (Å²) in [5, 5.41) is 15.1. The van der Waals surface area contributed by atoms with Crippen LogP contribution in [0.2, 0.25) is 0 Å². The van der Waals surface area contributed by atoms with Crippen LogP contribution in [0, 0.1) is 5.82 Å². The summed E-state index contributed by atoms with van der Waals surface area (Å²) in [6, 6.07) is 4.47. The molecule has 4 nitrogen and oxygen atoms in total. The summed E-state index contributed by atoms with van der Waals surface area (Å²) in [6.45, 7) is 1.67. The molecule has 18 heavy (non-hydrogen) atoms. The Bertz CT molecular complexity index is 463. The van der Waals surface area contributed by atoms with E-state index in [1.54, 1.807) is 6.07 Å². The lowest BCUT2D eigenvalue weighted by atomic mass is 9.88. The summed E-state index contributed by atoms with van der Waals surface area (Å²) in [7, 11) is 0. The van der Waals surface area contributed by atoms with Gasteiger partial charge in [0, 0.05) is 24.1 Å². The smallest absolute Gasteiger partial charge is 0.305 e. The average Bonchev–Trinajstić information content (AvgIpc) is 2.26. The molecule has 1 heterocycles. The molecule has 0 radical (unpaired) electrons. The normalized spacial score (nSPS) is 17.2. The number of aliphatic carboxylic acids is 1. The summed E-state index contributed by atoms with van der Waals surface area (Å²) in [4.78, 5) is 10.8. The summed E-state index contributed by atoms with van der Waals surface area (Å²) < 4.78 is 13.9. The SMILES string of the molecule is O=C(O)CC1(NCc2cc(F)ccc2Br)CNC1. The second kappa shape index (κ2) is 5.34. The zero-order valence-corrected chi connectivity index (χ0v) is 11.3. The maximum absolute atomic E-state index is 13.1. The Morgan fingerprint density at radius 1 is 1.56 bits per heavy atom. The van der Waals surface area contributed by atoms with Gasteiger partial charge in [0.05, 0.1) is 12.0 Å². The number of hydrogen-bond donors (Lipinski definition) is 3. The number of nitrogens with one attached hydrogen (secondary N) is 2. The molecule has 0 aromatic heterocycles. The maximum atomic E-state index is 13.1. The molecule has 98 valence electrons. The number of hydrogen-bond acceptors (Lipinski definition) is 3. The number of carboxylic acid groups (broad SMARTS) is 1. The Balaban J connectivity index is 2.01. The molecular formula is C12H14BrFN2O2. The van der Waals surface area contributed by atoms with Crippen LogP contribution in [0.1, 0.15) is 12.0 Å². The molecule has 0 spiro atoms. The van der Waals surface area contributed by atoms with Crippen LogP contribution in [0.25, 0.3) is 0 Å². The summed E-state index contributed by atoms with van der Waals surface area (Å²) in [6.07, 6.45) is 0.0624. The number of carbonyl (C=O) groups is 1. The highest BCUT2D eigenvalue weighted by atomic mass is 79.9. The van der Waals surface area contributed by atoms with Crippen molar-refractivity contribution in [1.29, 1.82) is 0 Å². The highest BCUT2D eigenvalue weighted by Gasteiger charge is 2.38. The molecule has 1 saturated heterocycles. The van der Waals surface area contributed by atoms with E-state index >= 15 is 0 Å². The lowest BCUT2D eigenvalue weighted by Gasteiger charge is -2.42. The van der Waals surface area contributed by atoms with Gasteiger partial charge in [0.15, 0.2) is 0 Å². The van der Waals surface area contributed by atoms with Crippen molar-refractivity contribution < 1.29 is 14.3 Å². The minimum absolute atomic E-state index is 0.0624. The second-order valence-corrected chi connectivity index (χ2v) is 5.40. The topological polar surface area (TPSA) is 61.4 Å². The quantitative estimate of drug-likeness (QED) is 0.770. The molecule has 1 aliphatic heterocycles. The van der Waals surface area contributed by atoms with Gasteiger partial charge in [-0.3, -0.25) is 4.79 Å². The van der Waals surface area contributed by atoms with Crippen molar-refractivity contribution in [3.8, 4) is 0 Å². The molecule has 1 aliphatic rings. The Kier molecular flexibility index (Phi) is 3.99. The lowest BCUT2D eigenvalue weighted by molar-refractivity contribution is -0.139. The number of carboxylic acids is 1. The average molecular weight is 317 g/mol. The van der Waals surface area contributed by atoms with Crippen LogP contribution in [-0.2, 0) is 11.3 Å². The molecule has 0 atom stereocenters. The van der Waals surface area contributed by atoms with Crippen LogP contribution < -0.4 is 10.6 Å². The third-order valence-corrected chi connectivity index (χ3v) is 3.85. The van der Waals surface area contributed by atoms with E-state index in [4.69, 9.17) is 5.11 Å². The fourth-order valence-corrected chi connectivity index (χ4v) is 2.38. The molecule has 6 heteroatoms. The minimum atomic E-state index is -0.831. The van der Waals surface area contributed by atoms with Crippen LogP contribution in [0.5, 0.6) is 0 Å². The molecule has 0 unspecified atom stereocenters. The summed E-state index contributed by atoms with van der Waals surface area (Å²) in [5.74, 6) is -1.13. The Hall–Kier alpha value is -0.980. The molecule has 2 rings (SSSR count). The van der Waals surface area contributed by atoms with E-state index in [-0.39, 0.29) is 12.2 Å². The molecular weight excluding hydrogens is 303 g/mol. The third-order valence-electron chi connectivity index (χ3n) is 3.08. The van der Waals surface area contributed by atoms with Crippen molar-refractivity contribution in [3.63, 3.8) is 0 Å². The first-order valence-corrected chi connectivity index (χ1v) is 6.42. The first-order valence-electron chi connectivity index (χ1n) is 5.62. The van der Waals surface area contributed by atoms with E-state index in [1.165, 1.54) is 12.1 Å². The van der Waals surface area contributed by atoms with Crippen LogP contribution in [0.15, 0.2) is 22.7 Å². The van der Waals surface area contributed by atoms with Gasteiger partial charge in [-0.15, -0.1) is 0 Å². The van der Waals surface area contributed by atoms with Crippen LogP contribution in [0.3, 0.4) is 0 Å². The van der Waals surface area contributed by atoms with Crippen molar-refractivity contribution in [2.45, 2.75) is 18.5 Å². The number of benzene rings is 1. The van der Waals surface area contributed by atoms with Gasteiger partial charge < -0.3 is 15.7 Å². The monoisotopic (exact) mass is 316 g/mol. The highest BCUT2D eigenvalue weighted by molar-refractivity contribution is 9.10. The van der Waals surface area contributed by atoms with Gasteiger partial charge >= 0.3 is 5.97 Å². The van der Waals surface area contributed by atoms with E-state index in [1.807, 2.05) is 0 Å². The maximum Gasteiger partial charge on any atom is 0.305 e. The van der Waals surface area contributed by atoms with Crippen molar-refractivity contribution in [3.05, 3.63) is 34.1 Å². The van der Waals surface area contributed by atoms with Crippen LogP contribution >= 0.6 is 15.9 Å². The molecule has 0 saturated carbocycles. The summed E-state index contributed by atoms with van der Waals surface area (Å²) in [5.41, 5.74) is 0.365. The highest BCUT2D eigenvalue weighted by Crippen LogP contribution is 2.21. The van der Waals surface area contributed by atoms with Crippen LogP contribution in [-0.4, -0.2) is 29.7 Å². The first-order chi connectivity index (χ1) is 8.51. The molecule has 1 aromatic carbocycles. The van der Waals surface area contributed by atoms with Gasteiger partial charge in [0.2, 0.25) is 0 Å². The third kappa shape index (κ3) is 3.07. The number of rotatable bonds is 5. The first kappa shape index (κ1) is 13.5. The predicted octanol–water partition coefficient (Wildman–Crippen LogP) is 1.49. The Morgan fingerprint density at radius 2 is 2.28 bits per heavy atom. The van der Waals surface area contributed by atoms with E-state index in [2.05, 4.69) is 26.6 Å². The van der Waals surface area contributed by atoms with Crippen LogP contribution in [0.4, 0.5) is 4.39 Å². The Morgan fingerprint density at radius 3 is 2.83 bits per heavy atom. The molecule has 1 aromatic rings. The van der Waals surface area contributed by atoms with Gasteiger partial charge in [-0.05, 0) is 23.8 Å². The van der Waals surface area contributed by atoms with Gasteiger partial charge in [-0.1, -0.05) is 15.9 Å². The van der Waals surface area contributed by atoms with Crippen molar-refractivity contribution >= 4 is 21.9 Å². The van der Waals surface area contributed by atoms with Crippen molar-refractivity contribution in [1.82, 2.24) is 10.6 Å². The predicted molar refractivity (Wildman–Crippen MR) is 68.8 cm³/mol.